The molecule has 0 saturated carbocycles. The van der Waals surface area contributed by atoms with Crippen molar-refractivity contribution in [3.8, 4) is 0 Å². The Labute approximate surface area is 104 Å². The minimum atomic E-state index is -0.711. The van der Waals surface area contributed by atoms with Gasteiger partial charge in [0.1, 0.15) is 6.29 Å². The van der Waals surface area contributed by atoms with Gasteiger partial charge < -0.3 is 5.11 Å². The molecule has 0 amide bonds. The number of carboxylic acid groups (broad SMARTS) is 1. The maximum Gasteiger partial charge on any atom is 0.303 e. The van der Waals surface area contributed by atoms with Crippen LogP contribution < -0.4 is 0 Å². The molecule has 0 atom stereocenters. The molecule has 0 heterocycles. The molecule has 0 aromatic carbocycles. The van der Waals surface area contributed by atoms with Crippen molar-refractivity contribution in [2.24, 2.45) is 0 Å². The number of carboxylic acids is 1. The van der Waals surface area contributed by atoms with Gasteiger partial charge in [-0.2, -0.15) is 0 Å². The van der Waals surface area contributed by atoms with Crippen LogP contribution in [0.5, 0.6) is 0 Å². The average Bonchev–Trinajstić information content (AvgIpc) is 2.18. The lowest BCUT2D eigenvalue weighted by Crippen LogP contribution is -1.90. The number of rotatable bonds is 6. The van der Waals surface area contributed by atoms with Crippen LogP contribution in [-0.2, 0) is 9.59 Å². The standard InChI is InChI=1S/C10H16O.C4H8O2/c1-9(2)5-4-6-10(3)7-8-11;1-2-3-4(5)6/h5,7-8H,4,6H2,1-3H3;2-3H2,1H3,(H,5,6)/b10-7+;. The molecule has 0 rings (SSSR count). The smallest absolute Gasteiger partial charge is 0.303 e. The van der Waals surface area contributed by atoms with Gasteiger partial charge >= 0.3 is 5.97 Å². The molecule has 0 spiro atoms. The number of carbonyl (C=O) groups excluding carboxylic acids is 1. The Morgan fingerprint density at radius 2 is 1.76 bits per heavy atom. The van der Waals surface area contributed by atoms with Crippen LogP contribution in [0.2, 0.25) is 0 Å². The zero-order valence-corrected chi connectivity index (χ0v) is 11.3. The van der Waals surface area contributed by atoms with Crippen LogP contribution in [0.3, 0.4) is 0 Å². The van der Waals surface area contributed by atoms with Gasteiger partial charge in [-0.3, -0.25) is 9.59 Å². The molecule has 0 aromatic heterocycles. The summed E-state index contributed by atoms with van der Waals surface area (Å²) >= 11 is 0. The fraction of sp³-hybridized carbons (Fsp3) is 0.571. The highest BCUT2D eigenvalue weighted by molar-refractivity contribution is 5.66. The van der Waals surface area contributed by atoms with Gasteiger partial charge in [0.15, 0.2) is 0 Å². The van der Waals surface area contributed by atoms with Crippen molar-refractivity contribution in [1.29, 1.82) is 0 Å². The molecule has 0 aliphatic heterocycles. The molecule has 0 bridgehead atoms. The predicted octanol–water partition coefficient (Wildman–Crippen LogP) is 3.75. The van der Waals surface area contributed by atoms with Crippen molar-refractivity contribution in [2.45, 2.75) is 53.4 Å². The van der Waals surface area contributed by atoms with E-state index in [-0.39, 0.29) is 0 Å². The first-order chi connectivity index (χ1) is 7.93. The van der Waals surface area contributed by atoms with E-state index in [1.165, 1.54) is 5.57 Å². The Morgan fingerprint density at radius 1 is 1.18 bits per heavy atom. The van der Waals surface area contributed by atoms with Gasteiger partial charge in [-0.05, 0) is 46.1 Å². The zero-order chi connectivity index (χ0) is 13.7. The van der Waals surface area contributed by atoms with Gasteiger partial charge in [0.2, 0.25) is 0 Å². The molecule has 0 unspecified atom stereocenters. The van der Waals surface area contributed by atoms with E-state index in [1.54, 1.807) is 6.08 Å². The van der Waals surface area contributed by atoms with E-state index in [0.717, 1.165) is 31.1 Å². The summed E-state index contributed by atoms with van der Waals surface area (Å²) in [7, 11) is 0. The van der Waals surface area contributed by atoms with Crippen LogP contribution in [0.25, 0.3) is 0 Å². The second-order valence-electron chi connectivity index (χ2n) is 4.11. The first-order valence-corrected chi connectivity index (χ1v) is 5.90. The van der Waals surface area contributed by atoms with Gasteiger partial charge in [0, 0.05) is 6.42 Å². The Hall–Kier alpha value is -1.38. The minimum Gasteiger partial charge on any atom is -0.481 e. The molecule has 0 fully saturated rings. The Morgan fingerprint density at radius 3 is 2.06 bits per heavy atom. The molecular formula is C14H24O3. The maximum atomic E-state index is 10.0. The zero-order valence-electron chi connectivity index (χ0n) is 11.3. The fourth-order valence-electron chi connectivity index (χ4n) is 1.00. The quantitative estimate of drug-likeness (QED) is 0.437. The Bertz CT molecular complexity index is 271. The van der Waals surface area contributed by atoms with Gasteiger partial charge in [-0.15, -0.1) is 0 Å². The summed E-state index contributed by atoms with van der Waals surface area (Å²) < 4.78 is 0. The SMILES string of the molecule is CC(C)=CCC/C(C)=C/C=O.CCCC(=O)O. The lowest BCUT2D eigenvalue weighted by atomic mass is 10.1. The van der Waals surface area contributed by atoms with Crippen molar-refractivity contribution in [3.05, 3.63) is 23.3 Å². The van der Waals surface area contributed by atoms with E-state index in [0.29, 0.717) is 6.42 Å². The molecule has 0 saturated heterocycles. The molecule has 17 heavy (non-hydrogen) atoms. The first kappa shape index (κ1) is 18.0. The Kier molecular flexibility index (Phi) is 13.4. The van der Waals surface area contributed by atoms with Crippen LogP contribution in [0.4, 0.5) is 0 Å². The summed E-state index contributed by atoms with van der Waals surface area (Å²) in [6, 6.07) is 0. The summed E-state index contributed by atoms with van der Waals surface area (Å²) in [6.07, 6.45) is 7.70. The van der Waals surface area contributed by atoms with Crippen molar-refractivity contribution in [1.82, 2.24) is 0 Å². The van der Waals surface area contributed by atoms with Gasteiger partial charge in [-0.1, -0.05) is 24.1 Å². The van der Waals surface area contributed by atoms with E-state index in [1.807, 2.05) is 13.8 Å². The van der Waals surface area contributed by atoms with Gasteiger partial charge in [0.05, 0.1) is 0 Å². The number of aliphatic carboxylic acids is 1. The largest absolute Gasteiger partial charge is 0.481 e. The second kappa shape index (κ2) is 12.7. The third kappa shape index (κ3) is 20.6. The molecule has 3 heteroatoms. The highest BCUT2D eigenvalue weighted by Gasteiger charge is 1.87. The fourth-order valence-corrected chi connectivity index (χ4v) is 1.00. The lowest BCUT2D eigenvalue weighted by molar-refractivity contribution is -0.137. The van der Waals surface area contributed by atoms with Crippen LogP contribution in [0, 0.1) is 0 Å². The molecule has 1 N–H and O–H groups in total. The van der Waals surface area contributed by atoms with Crippen molar-refractivity contribution in [3.63, 3.8) is 0 Å². The monoisotopic (exact) mass is 240 g/mol. The second-order valence-corrected chi connectivity index (χ2v) is 4.11. The first-order valence-electron chi connectivity index (χ1n) is 5.90. The van der Waals surface area contributed by atoms with E-state index in [9.17, 15) is 9.59 Å². The lowest BCUT2D eigenvalue weighted by Gasteiger charge is -1.94. The molecule has 0 radical (unpaired) electrons. The maximum absolute atomic E-state index is 10.0. The topological polar surface area (TPSA) is 54.4 Å². The third-order valence-electron chi connectivity index (χ3n) is 1.91. The number of aldehydes is 1. The average molecular weight is 240 g/mol. The summed E-state index contributed by atoms with van der Waals surface area (Å²) in [5.41, 5.74) is 2.49. The predicted molar refractivity (Wildman–Crippen MR) is 71.0 cm³/mol. The number of hydrogen-bond donors (Lipinski definition) is 1. The summed E-state index contributed by atoms with van der Waals surface area (Å²) in [5.74, 6) is -0.711. The van der Waals surface area contributed by atoms with Crippen LogP contribution in [0.15, 0.2) is 23.3 Å². The number of hydrogen-bond acceptors (Lipinski definition) is 2. The van der Waals surface area contributed by atoms with Crippen molar-refractivity contribution >= 4 is 12.3 Å². The van der Waals surface area contributed by atoms with E-state index in [4.69, 9.17) is 5.11 Å². The van der Waals surface area contributed by atoms with Gasteiger partial charge in [-0.25, -0.2) is 0 Å². The number of allylic oxidation sites excluding steroid dienone is 4. The summed E-state index contributed by atoms with van der Waals surface area (Å²) in [4.78, 5) is 19.6. The highest BCUT2D eigenvalue weighted by atomic mass is 16.4. The summed E-state index contributed by atoms with van der Waals surface area (Å²) in [5, 5.41) is 7.91. The molecule has 3 nitrogen and oxygen atoms in total. The van der Waals surface area contributed by atoms with E-state index in [2.05, 4.69) is 19.9 Å². The highest BCUT2D eigenvalue weighted by Crippen LogP contribution is 2.05. The molecule has 0 aliphatic carbocycles. The normalized spacial score (nSPS) is 10.0. The minimum absolute atomic E-state index is 0.292. The van der Waals surface area contributed by atoms with Crippen LogP contribution >= 0.6 is 0 Å². The van der Waals surface area contributed by atoms with Gasteiger partial charge in [0.25, 0.3) is 0 Å². The Balaban J connectivity index is 0. The third-order valence-corrected chi connectivity index (χ3v) is 1.91. The molecular weight excluding hydrogens is 216 g/mol. The van der Waals surface area contributed by atoms with Crippen LogP contribution in [-0.4, -0.2) is 17.4 Å². The van der Waals surface area contributed by atoms with Crippen LogP contribution in [0.1, 0.15) is 53.4 Å². The van der Waals surface area contributed by atoms with E-state index >= 15 is 0 Å². The summed E-state index contributed by atoms with van der Waals surface area (Å²) in [6.45, 7) is 7.99. The number of carbonyl (C=O) groups is 2. The van der Waals surface area contributed by atoms with E-state index < -0.39 is 5.97 Å². The molecule has 0 aromatic rings. The van der Waals surface area contributed by atoms with Crippen molar-refractivity contribution < 1.29 is 14.7 Å². The molecule has 0 aliphatic rings. The molecule has 98 valence electrons. The van der Waals surface area contributed by atoms with Crippen molar-refractivity contribution in [2.75, 3.05) is 0 Å².